The van der Waals surface area contributed by atoms with E-state index in [4.69, 9.17) is 5.26 Å². The van der Waals surface area contributed by atoms with E-state index in [1.165, 1.54) is 12.8 Å². The zero-order valence-electron chi connectivity index (χ0n) is 13.0. The molecule has 0 amide bonds. The second-order valence-corrected chi connectivity index (χ2v) is 6.44. The van der Waals surface area contributed by atoms with Crippen LogP contribution in [0.15, 0.2) is 31.0 Å². The van der Waals surface area contributed by atoms with E-state index in [9.17, 15) is 0 Å². The van der Waals surface area contributed by atoms with Crippen LogP contribution < -0.4 is 0 Å². The van der Waals surface area contributed by atoms with Gasteiger partial charge in [0, 0.05) is 23.3 Å². The molecule has 1 fully saturated rings. The van der Waals surface area contributed by atoms with E-state index in [-0.39, 0.29) is 6.04 Å². The van der Waals surface area contributed by atoms with E-state index in [0.29, 0.717) is 12.3 Å². The number of nitrogens with zero attached hydrogens (tertiary/aromatic N) is 5. The van der Waals surface area contributed by atoms with Crippen molar-refractivity contribution in [3.05, 3.63) is 31.0 Å². The first-order valence-electron chi connectivity index (χ1n) is 7.96. The van der Waals surface area contributed by atoms with Gasteiger partial charge in [-0.2, -0.15) is 10.4 Å². The highest BCUT2D eigenvalue weighted by atomic mass is 15.3. The van der Waals surface area contributed by atoms with Crippen LogP contribution in [0.25, 0.3) is 22.3 Å². The zero-order valence-corrected chi connectivity index (χ0v) is 13.0. The Morgan fingerprint density at radius 3 is 3.09 bits per heavy atom. The van der Waals surface area contributed by atoms with E-state index in [2.05, 4.69) is 33.0 Å². The summed E-state index contributed by atoms with van der Waals surface area (Å²) in [6.45, 7) is 2.26. The molecule has 4 rings (SSSR count). The lowest BCUT2D eigenvalue weighted by Gasteiger charge is -2.37. The third-order valence-corrected chi connectivity index (χ3v) is 4.82. The summed E-state index contributed by atoms with van der Waals surface area (Å²) < 4.78 is 1.95. The summed E-state index contributed by atoms with van der Waals surface area (Å²) in [4.78, 5) is 11.7. The lowest BCUT2D eigenvalue weighted by atomic mass is 9.71. The monoisotopic (exact) mass is 306 g/mol. The van der Waals surface area contributed by atoms with Gasteiger partial charge in [0.2, 0.25) is 0 Å². The van der Waals surface area contributed by atoms with Crippen molar-refractivity contribution in [1.82, 2.24) is 24.7 Å². The Labute approximate surface area is 134 Å². The molecular formula is C17H18N6. The summed E-state index contributed by atoms with van der Waals surface area (Å²) in [7, 11) is 0. The molecule has 23 heavy (non-hydrogen) atoms. The predicted molar refractivity (Wildman–Crippen MR) is 86.3 cm³/mol. The Bertz CT molecular complexity index is 864. The van der Waals surface area contributed by atoms with Gasteiger partial charge in [0.05, 0.1) is 30.4 Å². The molecule has 0 saturated heterocycles. The lowest BCUT2D eigenvalue weighted by Crippen LogP contribution is -2.30. The Kier molecular flexibility index (Phi) is 3.34. The number of H-pyrrole nitrogens is 1. The van der Waals surface area contributed by atoms with Crippen LogP contribution in [-0.2, 0) is 0 Å². The number of aromatic amines is 1. The van der Waals surface area contributed by atoms with Gasteiger partial charge in [-0.05, 0) is 30.7 Å². The number of hydrogen-bond acceptors (Lipinski definition) is 4. The SMILES string of the molecule is CC1CC([C@H](CC#N)n2cc(-c3ncnc4[nH]ccc34)cn2)C1. The number of nitriles is 1. The minimum atomic E-state index is 0.161. The predicted octanol–water partition coefficient (Wildman–Crippen LogP) is 3.32. The highest BCUT2D eigenvalue weighted by molar-refractivity contribution is 5.89. The van der Waals surface area contributed by atoms with Crippen LogP contribution in [0.4, 0.5) is 0 Å². The van der Waals surface area contributed by atoms with Crippen molar-refractivity contribution in [3.63, 3.8) is 0 Å². The fraction of sp³-hybridized carbons (Fsp3) is 0.412. The van der Waals surface area contributed by atoms with Crippen LogP contribution >= 0.6 is 0 Å². The Morgan fingerprint density at radius 1 is 1.43 bits per heavy atom. The van der Waals surface area contributed by atoms with Crippen LogP contribution in [0.3, 0.4) is 0 Å². The van der Waals surface area contributed by atoms with Gasteiger partial charge >= 0.3 is 0 Å². The number of nitrogens with one attached hydrogen (secondary N) is 1. The standard InChI is InChI=1S/C17H18N6/c1-11-6-12(7-11)15(2-4-18)23-9-13(8-22-23)16-14-3-5-19-17(14)21-10-20-16/h3,5,8-12,15H,2,6-7H2,1H3,(H,19,20,21)/t11?,12?,15-/m0/s1. The topological polar surface area (TPSA) is 83.2 Å². The second-order valence-electron chi connectivity index (χ2n) is 6.44. The number of fused-ring (bicyclic) bond motifs is 1. The fourth-order valence-corrected chi connectivity index (χ4v) is 3.59. The minimum absolute atomic E-state index is 0.161. The summed E-state index contributed by atoms with van der Waals surface area (Å²) in [5.74, 6) is 1.31. The van der Waals surface area contributed by atoms with E-state index >= 15 is 0 Å². The van der Waals surface area contributed by atoms with Gasteiger partial charge in [-0.15, -0.1) is 0 Å². The molecule has 0 aromatic carbocycles. The highest BCUT2D eigenvalue weighted by Crippen LogP contribution is 2.42. The summed E-state index contributed by atoms with van der Waals surface area (Å²) in [5, 5.41) is 14.7. The molecule has 6 heteroatoms. The van der Waals surface area contributed by atoms with Crippen molar-refractivity contribution < 1.29 is 0 Å². The Morgan fingerprint density at radius 2 is 2.30 bits per heavy atom. The molecular weight excluding hydrogens is 288 g/mol. The van der Waals surface area contributed by atoms with Gasteiger partial charge in [0.15, 0.2) is 0 Å². The number of rotatable bonds is 4. The summed E-state index contributed by atoms with van der Waals surface area (Å²) >= 11 is 0. The van der Waals surface area contributed by atoms with Crippen molar-refractivity contribution in [2.75, 3.05) is 0 Å². The summed E-state index contributed by atoms with van der Waals surface area (Å²) in [6, 6.07) is 4.45. The number of hydrogen-bond donors (Lipinski definition) is 1. The first-order chi connectivity index (χ1) is 11.3. The van der Waals surface area contributed by atoms with Crippen LogP contribution in [0.5, 0.6) is 0 Å². The van der Waals surface area contributed by atoms with Crippen molar-refractivity contribution in [2.24, 2.45) is 11.8 Å². The van der Waals surface area contributed by atoms with Crippen LogP contribution in [0.2, 0.25) is 0 Å². The van der Waals surface area contributed by atoms with Gasteiger partial charge in [-0.25, -0.2) is 9.97 Å². The smallest absolute Gasteiger partial charge is 0.141 e. The fourth-order valence-electron chi connectivity index (χ4n) is 3.59. The zero-order chi connectivity index (χ0) is 15.8. The van der Waals surface area contributed by atoms with Crippen molar-refractivity contribution in [3.8, 4) is 17.3 Å². The van der Waals surface area contributed by atoms with Gasteiger partial charge in [0.25, 0.3) is 0 Å². The Hall–Kier alpha value is -2.68. The highest BCUT2D eigenvalue weighted by Gasteiger charge is 2.34. The van der Waals surface area contributed by atoms with Gasteiger partial charge in [-0.1, -0.05) is 6.92 Å². The molecule has 3 aromatic rings. The second kappa shape index (κ2) is 5.51. The van der Waals surface area contributed by atoms with Gasteiger partial charge in [-0.3, -0.25) is 4.68 Å². The molecule has 1 aliphatic rings. The maximum atomic E-state index is 9.15. The van der Waals surface area contributed by atoms with E-state index in [1.807, 2.05) is 29.3 Å². The minimum Gasteiger partial charge on any atom is -0.346 e. The lowest BCUT2D eigenvalue weighted by molar-refractivity contribution is 0.134. The molecule has 0 aliphatic heterocycles. The summed E-state index contributed by atoms with van der Waals surface area (Å²) in [5.41, 5.74) is 2.66. The van der Waals surface area contributed by atoms with E-state index in [0.717, 1.165) is 28.2 Å². The van der Waals surface area contributed by atoms with Gasteiger partial charge in [0.1, 0.15) is 12.0 Å². The van der Waals surface area contributed by atoms with Crippen molar-refractivity contribution >= 4 is 11.0 Å². The quantitative estimate of drug-likeness (QED) is 0.801. The molecule has 0 radical (unpaired) electrons. The first kappa shape index (κ1) is 13.9. The molecule has 1 saturated carbocycles. The summed E-state index contributed by atoms with van der Waals surface area (Å²) in [6.07, 6.45) is 10.1. The molecule has 116 valence electrons. The van der Waals surface area contributed by atoms with Crippen LogP contribution in [-0.4, -0.2) is 24.7 Å². The Balaban J connectivity index is 1.68. The average molecular weight is 306 g/mol. The largest absolute Gasteiger partial charge is 0.346 e. The van der Waals surface area contributed by atoms with E-state index in [1.54, 1.807) is 6.33 Å². The van der Waals surface area contributed by atoms with Crippen LogP contribution in [0, 0.1) is 23.2 Å². The maximum absolute atomic E-state index is 9.15. The molecule has 0 unspecified atom stereocenters. The molecule has 1 atom stereocenters. The molecule has 0 bridgehead atoms. The van der Waals surface area contributed by atoms with E-state index < -0.39 is 0 Å². The van der Waals surface area contributed by atoms with Crippen molar-refractivity contribution in [2.45, 2.75) is 32.2 Å². The molecule has 0 spiro atoms. The third-order valence-electron chi connectivity index (χ3n) is 4.82. The molecule has 1 N–H and O–H groups in total. The van der Waals surface area contributed by atoms with Gasteiger partial charge < -0.3 is 4.98 Å². The molecule has 6 nitrogen and oxygen atoms in total. The van der Waals surface area contributed by atoms with Crippen LogP contribution in [0.1, 0.15) is 32.2 Å². The molecule has 3 heterocycles. The first-order valence-corrected chi connectivity index (χ1v) is 7.96. The molecule has 1 aliphatic carbocycles. The maximum Gasteiger partial charge on any atom is 0.141 e. The average Bonchev–Trinajstić information content (AvgIpc) is 3.18. The number of aromatic nitrogens is 5. The normalized spacial score (nSPS) is 21.7. The third kappa shape index (κ3) is 2.38. The van der Waals surface area contributed by atoms with Crippen molar-refractivity contribution in [1.29, 1.82) is 5.26 Å². The molecule has 3 aromatic heterocycles.